The third-order valence-corrected chi connectivity index (χ3v) is 4.83. The lowest BCUT2D eigenvalue weighted by Crippen LogP contribution is -2.52. The average molecular weight is 362 g/mol. The van der Waals surface area contributed by atoms with Gasteiger partial charge in [0.25, 0.3) is 0 Å². The summed E-state index contributed by atoms with van der Waals surface area (Å²) in [6.45, 7) is 10.2. The first-order valence-electron chi connectivity index (χ1n) is 7.12. The molecule has 2 atom stereocenters. The molecule has 0 radical (unpaired) electrons. The molecule has 2 N–H and O–H groups in total. The van der Waals surface area contributed by atoms with Gasteiger partial charge < -0.3 is 10.6 Å². The fraction of sp³-hybridized carbons (Fsp3) is 0.625. The lowest BCUT2D eigenvalue weighted by atomic mass is 9.79. The maximum Gasteiger partial charge on any atom is 0.0178 e. The maximum absolute atomic E-state index is 6.20. The van der Waals surface area contributed by atoms with E-state index in [1.54, 1.807) is 0 Å². The fourth-order valence-corrected chi connectivity index (χ4v) is 3.36. The number of benzene rings is 1. The first-order chi connectivity index (χ1) is 8.88. The molecule has 0 saturated carbocycles. The number of halogens is 2. The third kappa shape index (κ3) is 4.45. The Balaban J connectivity index is 0.00000200. The minimum atomic E-state index is 0. The minimum absolute atomic E-state index is 0. The quantitative estimate of drug-likeness (QED) is 0.880. The lowest BCUT2D eigenvalue weighted by molar-refractivity contribution is 0.0915. The first-order valence-corrected chi connectivity index (χ1v) is 7.91. The SMILES string of the molecule is CC(CN1CCC(N)C(C)(C)C1)c1cccc(Br)c1.Cl. The van der Waals surface area contributed by atoms with Crippen LogP contribution in [0, 0.1) is 5.41 Å². The van der Waals surface area contributed by atoms with Crippen LogP contribution in [-0.4, -0.2) is 30.6 Å². The van der Waals surface area contributed by atoms with Gasteiger partial charge in [-0.3, -0.25) is 0 Å². The van der Waals surface area contributed by atoms with E-state index in [-0.39, 0.29) is 17.8 Å². The van der Waals surface area contributed by atoms with E-state index in [1.807, 2.05) is 0 Å². The Bertz CT molecular complexity index is 436. The highest BCUT2D eigenvalue weighted by atomic mass is 79.9. The van der Waals surface area contributed by atoms with Crippen LogP contribution in [0.3, 0.4) is 0 Å². The van der Waals surface area contributed by atoms with Crippen LogP contribution >= 0.6 is 28.3 Å². The molecule has 0 spiro atoms. The molecule has 1 aromatic rings. The number of nitrogens with two attached hydrogens (primary N) is 1. The van der Waals surface area contributed by atoms with Crippen LogP contribution in [0.4, 0.5) is 0 Å². The smallest absolute Gasteiger partial charge is 0.0178 e. The molecule has 1 fully saturated rings. The van der Waals surface area contributed by atoms with E-state index in [0.717, 1.165) is 30.5 Å². The molecule has 1 aromatic carbocycles. The zero-order valence-corrected chi connectivity index (χ0v) is 15.0. The lowest BCUT2D eigenvalue weighted by Gasteiger charge is -2.43. The van der Waals surface area contributed by atoms with Crippen molar-refractivity contribution in [1.82, 2.24) is 4.90 Å². The van der Waals surface area contributed by atoms with Gasteiger partial charge in [0.15, 0.2) is 0 Å². The number of likely N-dealkylation sites (tertiary alicyclic amines) is 1. The van der Waals surface area contributed by atoms with Crippen LogP contribution in [0.5, 0.6) is 0 Å². The molecule has 4 heteroatoms. The van der Waals surface area contributed by atoms with E-state index in [0.29, 0.717) is 12.0 Å². The average Bonchev–Trinajstić information content (AvgIpc) is 2.33. The Labute approximate surface area is 137 Å². The van der Waals surface area contributed by atoms with Crippen molar-refractivity contribution >= 4 is 28.3 Å². The zero-order valence-electron chi connectivity index (χ0n) is 12.6. The van der Waals surface area contributed by atoms with E-state index in [9.17, 15) is 0 Å². The van der Waals surface area contributed by atoms with Crippen LogP contribution in [0.15, 0.2) is 28.7 Å². The molecular formula is C16H26BrClN2. The summed E-state index contributed by atoms with van der Waals surface area (Å²) in [5.41, 5.74) is 7.84. The van der Waals surface area contributed by atoms with Gasteiger partial charge in [-0.2, -0.15) is 0 Å². The van der Waals surface area contributed by atoms with Crippen LogP contribution in [-0.2, 0) is 0 Å². The summed E-state index contributed by atoms with van der Waals surface area (Å²) in [6.07, 6.45) is 1.11. The first kappa shape index (κ1) is 18.0. The van der Waals surface area contributed by atoms with Crippen molar-refractivity contribution in [2.24, 2.45) is 11.1 Å². The largest absolute Gasteiger partial charge is 0.327 e. The van der Waals surface area contributed by atoms with Gasteiger partial charge in [-0.25, -0.2) is 0 Å². The molecule has 0 aliphatic carbocycles. The molecule has 0 aromatic heterocycles. The summed E-state index contributed by atoms with van der Waals surface area (Å²) in [7, 11) is 0. The standard InChI is InChI=1S/C16H25BrN2.ClH/c1-12(13-5-4-6-14(17)9-13)10-19-8-7-15(18)16(2,3)11-19;/h4-6,9,12,15H,7-8,10-11,18H2,1-3H3;1H. The number of piperidine rings is 1. The zero-order chi connectivity index (χ0) is 14.0. The van der Waals surface area contributed by atoms with Gasteiger partial charge in [0.05, 0.1) is 0 Å². The van der Waals surface area contributed by atoms with Crippen molar-refractivity contribution < 1.29 is 0 Å². The van der Waals surface area contributed by atoms with E-state index < -0.39 is 0 Å². The predicted octanol–water partition coefficient (Wildman–Crippen LogP) is 4.03. The highest BCUT2D eigenvalue weighted by Crippen LogP contribution is 2.29. The normalized spacial score (nSPS) is 23.9. The summed E-state index contributed by atoms with van der Waals surface area (Å²) in [4.78, 5) is 2.56. The van der Waals surface area contributed by atoms with Gasteiger partial charge in [-0.05, 0) is 42.0 Å². The van der Waals surface area contributed by atoms with Crippen LogP contribution < -0.4 is 5.73 Å². The van der Waals surface area contributed by atoms with E-state index in [1.165, 1.54) is 5.56 Å². The second-order valence-electron chi connectivity index (χ2n) is 6.57. The summed E-state index contributed by atoms with van der Waals surface area (Å²) < 4.78 is 1.16. The molecule has 114 valence electrons. The summed E-state index contributed by atoms with van der Waals surface area (Å²) in [6, 6.07) is 8.98. The Morgan fingerprint density at radius 2 is 2.15 bits per heavy atom. The molecule has 1 aliphatic heterocycles. The van der Waals surface area contributed by atoms with Crippen molar-refractivity contribution in [1.29, 1.82) is 0 Å². The predicted molar refractivity (Wildman–Crippen MR) is 92.6 cm³/mol. The van der Waals surface area contributed by atoms with Gasteiger partial charge in [-0.1, -0.05) is 48.8 Å². The number of hydrogen-bond acceptors (Lipinski definition) is 2. The van der Waals surface area contributed by atoms with Crippen LogP contribution in [0.25, 0.3) is 0 Å². The molecule has 2 rings (SSSR count). The van der Waals surface area contributed by atoms with Crippen LogP contribution in [0.1, 0.15) is 38.7 Å². The monoisotopic (exact) mass is 360 g/mol. The molecule has 0 bridgehead atoms. The Morgan fingerprint density at radius 1 is 1.45 bits per heavy atom. The molecule has 1 aliphatic rings. The maximum atomic E-state index is 6.20. The number of nitrogens with zero attached hydrogens (tertiary/aromatic N) is 1. The summed E-state index contributed by atoms with van der Waals surface area (Å²) >= 11 is 3.55. The fourth-order valence-electron chi connectivity index (χ4n) is 2.95. The van der Waals surface area contributed by atoms with Crippen LogP contribution in [0.2, 0.25) is 0 Å². The second kappa shape index (κ2) is 7.26. The van der Waals surface area contributed by atoms with Gasteiger partial charge in [0.2, 0.25) is 0 Å². The van der Waals surface area contributed by atoms with Gasteiger partial charge in [-0.15, -0.1) is 12.4 Å². The molecule has 1 saturated heterocycles. The van der Waals surface area contributed by atoms with Crippen molar-refractivity contribution in [2.75, 3.05) is 19.6 Å². The molecular weight excluding hydrogens is 336 g/mol. The summed E-state index contributed by atoms with van der Waals surface area (Å²) in [5.74, 6) is 0.558. The molecule has 2 unspecified atom stereocenters. The van der Waals surface area contributed by atoms with Gasteiger partial charge in [0.1, 0.15) is 0 Å². The second-order valence-corrected chi connectivity index (χ2v) is 7.49. The van der Waals surface area contributed by atoms with Gasteiger partial charge in [0, 0.05) is 23.6 Å². The molecule has 0 amide bonds. The van der Waals surface area contributed by atoms with Gasteiger partial charge >= 0.3 is 0 Å². The Morgan fingerprint density at radius 3 is 2.75 bits per heavy atom. The van der Waals surface area contributed by atoms with E-state index >= 15 is 0 Å². The number of rotatable bonds is 3. The molecule has 2 nitrogen and oxygen atoms in total. The van der Waals surface area contributed by atoms with Crippen molar-refractivity contribution in [3.8, 4) is 0 Å². The highest BCUT2D eigenvalue weighted by molar-refractivity contribution is 9.10. The van der Waals surface area contributed by atoms with Crippen molar-refractivity contribution in [3.05, 3.63) is 34.3 Å². The molecule has 20 heavy (non-hydrogen) atoms. The Kier molecular flexibility index (Phi) is 6.52. The van der Waals surface area contributed by atoms with Crippen molar-refractivity contribution in [2.45, 2.75) is 39.2 Å². The molecule has 1 heterocycles. The number of hydrogen-bond donors (Lipinski definition) is 1. The Hall–Kier alpha value is -0.0900. The third-order valence-electron chi connectivity index (χ3n) is 4.34. The topological polar surface area (TPSA) is 29.3 Å². The van der Waals surface area contributed by atoms with E-state index in [2.05, 4.69) is 65.9 Å². The van der Waals surface area contributed by atoms with Crippen molar-refractivity contribution in [3.63, 3.8) is 0 Å². The minimum Gasteiger partial charge on any atom is -0.327 e. The highest BCUT2D eigenvalue weighted by Gasteiger charge is 2.33. The summed E-state index contributed by atoms with van der Waals surface area (Å²) in [5, 5.41) is 0. The van der Waals surface area contributed by atoms with E-state index in [4.69, 9.17) is 5.73 Å².